The highest BCUT2D eigenvalue weighted by atomic mass is 19.4. The average molecular weight is 444 g/mol. The van der Waals surface area contributed by atoms with Crippen LogP contribution in [0.15, 0.2) is 66.9 Å². The monoisotopic (exact) mass is 444 g/mol. The summed E-state index contributed by atoms with van der Waals surface area (Å²) in [6.45, 7) is 3.64. The van der Waals surface area contributed by atoms with Crippen LogP contribution >= 0.6 is 0 Å². The Bertz CT molecular complexity index is 1030. The fourth-order valence-corrected chi connectivity index (χ4v) is 3.52. The van der Waals surface area contributed by atoms with Gasteiger partial charge in [0.15, 0.2) is 0 Å². The van der Waals surface area contributed by atoms with Crippen molar-refractivity contribution in [2.45, 2.75) is 32.6 Å². The quantitative estimate of drug-likeness (QED) is 0.406. The van der Waals surface area contributed by atoms with Crippen LogP contribution < -0.4 is 0 Å². The van der Waals surface area contributed by atoms with Crippen molar-refractivity contribution in [2.75, 3.05) is 20.3 Å². The Morgan fingerprint density at radius 2 is 1.81 bits per heavy atom. The van der Waals surface area contributed by atoms with E-state index in [2.05, 4.69) is 0 Å². The van der Waals surface area contributed by atoms with Crippen molar-refractivity contribution in [1.29, 1.82) is 0 Å². The van der Waals surface area contributed by atoms with Gasteiger partial charge in [0.05, 0.1) is 12.1 Å². The van der Waals surface area contributed by atoms with Gasteiger partial charge in [-0.15, -0.1) is 0 Å². The lowest BCUT2D eigenvalue weighted by molar-refractivity contribution is -0.137. The number of halogens is 3. The first-order valence-electron chi connectivity index (χ1n) is 10.4. The van der Waals surface area contributed by atoms with Gasteiger partial charge in [-0.1, -0.05) is 29.8 Å². The molecule has 0 aliphatic carbocycles. The van der Waals surface area contributed by atoms with E-state index in [1.165, 1.54) is 6.07 Å². The number of benzene rings is 2. The molecule has 0 saturated heterocycles. The van der Waals surface area contributed by atoms with Crippen LogP contribution in [0.3, 0.4) is 0 Å². The smallest absolute Gasteiger partial charge is 0.385 e. The third-order valence-electron chi connectivity index (χ3n) is 5.25. The van der Waals surface area contributed by atoms with E-state index in [1.54, 1.807) is 18.1 Å². The first-order valence-corrected chi connectivity index (χ1v) is 10.4. The highest BCUT2D eigenvalue weighted by molar-refractivity contribution is 5.94. The number of aryl methyl sites for hydroxylation is 1. The van der Waals surface area contributed by atoms with Crippen LogP contribution in [0.25, 0.3) is 0 Å². The van der Waals surface area contributed by atoms with Gasteiger partial charge < -0.3 is 14.2 Å². The highest BCUT2D eigenvalue weighted by Crippen LogP contribution is 2.29. The number of hydrogen-bond donors (Lipinski definition) is 0. The molecule has 0 spiro atoms. The molecule has 0 aliphatic heterocycles. The molecule has 32 heavy (non-hydrogen) atoms. The third kappa shape index (κ3) is 6.23. The van der Waals surface area contributed by atoms with Gasteiger partial charge in [0.2, 0.25) is 0 Å². The van der Waals surface area contributed by atoms with Gasteiger partial charge in [-0.2, -0.15) is 13.2 Å². The Balaban J connectivity index is 1.79. The Kier molecular flexibility index (Phi) is 7.75. The second-order valence-corrected chi connectivity index (χ2v) is 7.76. The SMILES string of the molecule is COCCCN(Cc1cccn1Cc1cccc(C(F)(F)F)c1)C(=O)c1ccc(C)cc1. The van der Waals surface area contributed by atoms with Crippen LogP contribution in [0.1, 0.15) is 39.2 Å². The van der Waals surface area contributed by atoms with Gasteiger partial charge in [-0.05, 0) is 55.3 Å². The van der Waals surface area contributed by atoms with Crippen LogP contribution in [0.5, 0.6) is 0 Å². The van der Waals surface area contributed by atoms with Gasteiger partial charge in [-0.25, -0.2) is 0 Å². The van der Waals surface area contributed by atoms with Gasteiger partial charge in [0.1, 0.15) is 0 Å². The first kappa shape index (κ1) is 23.6. The van der Waals surface area contributed by atoms with Gasteiger partial charge in [-0.3, -0.25) is 4.79 Å². The number of ether oxygens (including phenoxy) is 1. The van der Waals surface area contributed by atoms with Crippen molar-refractivity contribution in [1.82, 2.24) is 9.47 Å². The van der Waals surface area contributed by atoms with E-state index in [4.69, 9.17) is 4.74 Å². The number of rotatable bonds is 9. The largest absolute Gasteiger partial charge is 0.416 e. The first-order chi connectivity index (χ1) is 15.3. The maximum Gasteiger partial charge on any atom is 0.416 e. The zero-order valence-corrected chi connectivity index (χ0v) is 18.2. The topological polar surface area (TPSA) is 34.5 Å². The zero-order chi connectivity index (χ0) is 23.1. The van der Waals surface area contributed by atoms with Crippen LogP contribution in [0.4, 0.5) is 13.2 Å². The molecule has 3 rings (SSSR count). The minimum Gasteiger partial charge on any atom is -0.385 e. The minimum absolute atomic E-state index is 0.0899. The van der Waals surface area contributed by atoms with E-state index >= 15 is 0 Å². The van der Waals surface area contributed by atoms with Gasteiger partial charge >= 0.3 is 6.18 Å². The summed E-state index contributed by atoms with van der Waals surface area (Å²) >= 11 is 0. The molecule has 0 saturated carbocycles. The predicted molar refractivity (Wildman–Crippen MR) is 117 cm³/mol. The molecule has 1 amide bonds. The summed E-state index contributed by atoms with van der Waals surface area (Å²) in [7, 11) is 1.62. The van der Waals surface area contributed by atoms with E-state index in [0.717, 1.165) is 23.4 Å². The molecule has 3 aromatic rings. The summed E-state index contributed by atoms with van der Waals surface area (Å²) in [6, 6.07) is 16.5. The molecule has 0 atom stereocenters. The average Bonchev–Trinajstić information content (AvgIpc) is 3.19. The normalized spacial score (nSPS) is 11.5. The minimum atomic E-state index is -4.38. The number of aromatic nitrogens is 1. The van der Waals surface area contributed by atoms with Crippen LogP contribution in [0.2, 0.25) is 0 Å². The molecule has 0 fully saturated rings. The lowest BCUT2D eigenvalue weighted by Gasteiger charge is -2.24. The predicted octanol–water partition coefficient (Wildman–Crippen LogP) is 5.54. The second kappa shape index (κ2) is 10.5. The van der Waals surface area contributed by atoms with E-state index < -0.39 is 11.7 Å². The van der Waals surface area contributed by atoms with Crippen LogP contribution in [0, 0.1) is 6.92 Å². The third-order valence-corrected chi connectivity index (χ3v) is 5.25. The van der Waals surface area contributed by atoms with E-state index in [9.17, 15) is 18.0 Å². The Morgan fingerprint density at radius 3 is 2.50 bits per heavy atom. The van der Waals surface area contributed by atoms with E-state index in [0.29, 0.717) is 37.2 Å². The van der Waals surface area contributed by atoms with Crippen molar-refractivity contribution in [3.05, 3.63) is 94.8 Å². The Morgan fingerprint density at radius 1 is 1.06 bits per heavy atom. The molecular weight excluding hydrogens is 417 g/mol. The Hall–Kier alpha value is -3.06. The molecule has 2 aromatic carbocycles. The number of carbonyl (C=O) groups excluding carboxylic acids is 1. The molecule has 0 radical (unpaired) electrons. The summed E-state index contributed by atoms with van der Waals surface area (Å²) in [5.74, 6) is -0.0899. The van der Waals surface area contributed by atoms with Crippen molar-refractivity contribution < 1.29 is 22.7 Å². The molecule has 0 N–H and O–H groups in total. The maximum absolute atomic E-state index is 13.2. The number of methoxy groups -OCH3 is 1. The molecule has 1 aromatic heterocycles. The fourth-order valence-electron chi connectivity index (χ4n) is 3.52. The molecule has 0 aliphatic rings. The second-order valence-electron chi connectivity index (χ2n) is 7.76. The van der Waals surface area contributed by atoms with Gasteiger partial charge in [0.25, 0.3) is 5.91 Å². The maximum atomic E-state index is 13.2. The molecule has 7 heteroatoms. The molecule has 170 valence electrons. The zero-order valence-electron chi connectivity index (χ0n) is 18.2. The van der Waals surface area contributed by atoms with Crippen molar-refractivity contribution in [3.63, 3.8) is 0 Å². The number of nitrogens with zero attached hydrogens (tertiary/aromatic N) is 2. The van der Waals surface area contributed by atoms with Crippen LogP contribution in [-0.2, 0) is 24.0 Å². The molecule has 4 nitrogen and oxygen atoms in total. The standard InChI is InChI=1S/C25H27F3N2O2/c1-19-9-11-21(12-10-19)24(31)30(14-5-15-32-2)18-23-8-4-13-29(23)17-20-6-3-7-22(16-20)25(26,27)28/h3-4,6-13,16H,5,14-15,17-18H2,1-2H3. The number of hydrogen-bond acceptors (Lipinski definition) is 2. The lowest BCUT2D eigenvalue weighted by Crippen LogP contribution is -2.33. The molecular formula is C25H27F3N2O2. The molecule has 1 heterocycles. The lowest BCUT2D eigenvalue weighted by atomic mass is 10.1. The van der Waals surface area contributed by atoms with Crippen molar-refractivity contribution in [2.24, 2.45) is 0 Å². The molecule has 0 unspecified atom stereocenters. The summed E-state index contributed by atoms with van der Waals surface area (Å²) in [4.78, 5) is 14.9. The fraction of sp³-hybridized carbons (Fsp3) is 0.320. The summed E-state index contributed by atoms with van der Waals surface area (Å²) in [5, 5.41) is 0. The number of carbonyl (C=O) groups is 1. The summed E-state index contributed by atoms with van der Waals surface area (Å²) < 4.78 is 46.2. The van der Waals surface area contributed by atoms with Crippen molar-refractivity contribution in [3.8, 4) is 0 Å². The summed E-state index contributed by atoms with van der Waals surface area (Å²) in [5.41, 5.74) is 2.40. The number of alkyl halides is 3. The Labute approximate surface area is 186 Å². The van der Waals surface area contributed by atoms with E-state index in [-0.39, 0.29) is 12.5 Å². The molecule has 0 bridgehead atoms. The van der Waals surface area contributed by atoms with E-state index in [1.807, 2.05) is 54.1 Å². The van der Waals surface area contributed by atoms with Gasteiger partial charge in [0, 0.05) is 44.3 Å². The highest BCUT2D eigenvalue weighted by Gasteiger charge is 2.30. The number of amides is 1. The van der Waals surface area contributed by atoms with Crippen LogP contribution in [-0.4, -0.2) is 35.6 Å². The van der Waals surface area contributed by atoms with Crippen molar-refractivity contribution >= 4 is 5.91 Å². The summed E-state index contributed by atoms with van der Waals surface area (Å²) in [6.07, 6.45) is -1.88.